The number of hydrogen-bond donors (Lipinski definition) is 1. The second kappa shape index (κ2) is 4.07. The van der Waals surface area contributed by atoms with Crippen LogP contribution >= 0.6 is 0 Å². The van der Waals surface area contributed by atoms with Gasteiger partial charge in [0.15, 0.2) is 5.82 Å². The van der Waals surface area contributed by atoms with E-state index in [9.17, 15) is 0 Å². The molecule has 1 atom stereocenters. The summed E-state index contributed by atoms with van der Waals surface area (Å²) in [6.07, 6.45) is 2.38. The first kappa shape index (κ1) is 11.2. The Labute approximate surface area is 102 Å². The standard InChI is InChI=1S/C12H20N4O/c1-9(16-7-5-13-6-8-16)10-14-11(15-17-10)12(2)3-4-12/h9,13H,3-8H2,1-2H3. The Morgan fingerprint density at radius 1 is 1.35 bits per heavy atom. The zero-order chi connectivity index (χ0) is 11.9. The van der Waals surface area contributed by atoms with Gasteiger partial charge < -0.3 is 9.84 Å². The second-order valence-electron chi connectivity index (χ2n) is 5.48. The average molecular weight is 236 g/mol. The summed E-state index contributed by atoms with van der Waals surface area (Å²) in [7, 11) is 0. The summed E-state index contributed by atoms with van der Waals surface area (Å²) in [5.41, 5.74) is 0.199. The normalized spacial score (nSPS) is 25.8. The minimum Gasteiger partial charge on any atom is -0.338 e. The first-order chi connectivity index (χ1) is 8.19. The van der Waals surface area contributed by atoms with Crippen molar-refractivity contribution in [3.63, 3.8) is 0 Å². The van der Waals surface area contributed by atoms with E-state index in [0.717, 1.165) is 37.9 Å². The van der Waals surface area contributed by atoms with E-state index in [1.807, 2.05) is 0 Å². The van der Waals surface area contributed by atoms with Crippen LogP contribution in [0.3, 0.4) is 0 Å². The molecule has 0 amide bonds. The highest BCUT2D eigenvalue weighted by molar-refractivity contribution is 5.14. The minimum atomic E-state index is 0.199. The zero-order valence-corrected chi connectivity index (χ0v) is 10.6. The summed E-state index contributed by atoms with van der Waals surface area (Å²) < 4.78 is 5.42. The molecule has 1 aliphatic carbocycles. The Kier molecular flexibility index (Phi) is 2.67. The third-order valence-electron chi connectivity index (χ3n) is 4.04. The van der Waals surface area contributed by atoms with Crippen LogP contribution < -0.4 is 5.32 Å². The third kappa shape index (κ3) is 2.09. The minimum absolute atomic E-state index is 0.199. The topological polar surface area (TPSA) is 54.2 Å². The van der Waals surface area contributed by atoms with Crippen molar-refractivity contribution in [3.05, 3.63) is 11.7 Å². The molecular formula is C12H20N4O. The molecule has 2 aliphatic rings. The SMILES string of the molecule is CC(c1nc(C2(C)CC2)no1)N1CCNCC1. The van der Waals surface area contributed by atoms with E-state index in [-0.39, 0.29) is 11.5 Å². The van der Waals surface area contributed by atoms with E-state index in [1.54, 1.807) is 0 Å². The molecule has 1 unspecified atom stereocenters. The Balaban J connectivity index is 1.72. The number of piperazine rings is 1. The van der Waals surface area contributed by atoms with E-state index in [2.05, 4.69) is 34.2 Å². The largest absolute Gasteiger partial charge is 0.338 e. The van der Waals surface area contributed by atoms with Crippen molar-refractivity contribution in [2.45, 2.75) is 38.1 Å². The highest BCUT2D eigenvalue weighted by Gasteiger charge is 2.44. The van der Waals surface area contributed by atoms with Crippen molar-refractivity contribution in [2.75, 3.05) is 26.2 Å². The maximum atomic E-state index is 5.42. The first-order valence-electron chi connectivity index (χ1n) is 6.48. The molecule has 94 valence electrons. The van der Waals surface area contributed by atoms with Gasteiger partial charge in [-0.05, 0) is 19.8 Å². The van der Waals surface area contributed by atoms with E-state index >= 15 is 0 Å². The van der Waals surface area contributed by atoms with Gasteiger partial charge in [0.05, 0.1) is 6.04 Å². The van der Waals surface area contributed by atoms with Gasteiger partial charge in [0.1, 0.15) is 0 Å². The van der Waals surface area contributed by atoms with Crippen LogP contribution in [0.5, 0.6) is 0 Å². The molecule has 0 radical (unpaired) electrons. The summed E-state index contributed by atoms with van der Waals surface area (Å²) in [5, 5.41) is 7.49. The molecule has 0 bridgehead atoms. The van der Waals surface area contributed by atoms with Gasteiger partial charge in [0.25, 0.3) is 0 Å². The van der Waals surface area contributed by atoms with Crippen LogP contribution in [0, 0.1) is 0 Å². The van der Waals surface area contributed by atoms with Crippen molar-refractivity contribution in [1.82, 2.24) is 20.4 Å². The Hall–Kier alpha value is -0.940. The summed E-state index contributed by atoms with van der Waals surface area (Å²) in [6, 6.07) is 0.237. The maximum Gasteiger partial charge on any atom is 0.243 e. The predicted octanol–water partition coefficient (Wildman–Crippen LogP) is 1.09. The van der Waals surface area contributed by atoms with Gasteiger partial charge in [0.2, 0.25) is 5.89 Å². The van der Waals surface area contributed by atoms with Gasteiger partial charge >= 0.3 is 0 Å². The van der Waals surface area contributed by atoms with Crippen molar-refractivity contribution in [1.29, 1.82) is 0 Å². The zero-order valence-electron chi connectivity index (χ0n) is 10.6. The number of nitrogens with zero attached hydrogens (tertiary/aromatic N) is 3. The van der Waals surface area contributed by atoms with Crippen molar-refractivity contribution in [3.8, 4) is 0 Å². The lowest BCUT2D eigenvalue weighted by Crippen LogP contribution is -2.44. The number of hydrogen-bond acceptors (Lipinski definition) is 5. The van der Waals surface area contributed by atoms with Crippen molar-refractivity contribution < 1.29 is 4.52 Å². The summed E-state index contributed by atoms with van der Waals surface area (Å²) >= 11 is 0. The van der Waals surface area contributed by atoms with Crippen LogP contribution in [0.4, 0.5) is 0 Å². The van der Waals surface area contributed by atoms with Crippen LogP contribution in [-0.2, 0) is 5.41 Å². The first-order valence-corrected chi connectivity index (χ1v) is 6.48. The summed E-state index contributed by atoms with van der Waals surface area (Å²) in [5.74, 6) is 1.67. The van der Waals surface area contributed by atoms with Crippen molar-refractivity contribution >= 4 is 0 Å². The van der Waals surface area contributed by atoms with Crippen LogP contribution in [-0.4, -0.2) is 41.2 Å². The molecule has 2 fully saturated rings. The van der Waals surface area contributed by atoms with Gasteiger partial charge in [-0.15, -0.1) is 0 Å². The molecule has 0 spiro atoms. The molecule has 1 N–H and O–H groups in total. The van der Waals surface area contributed by atoms with Gasteiger partial charge in [0, 0.05) is 31.6 Å². The van der Waals surface area contributed by atoms with E-state index in [4.69, 9.17) is 4.52 Å². The molecule has 17 heavy (non-hydrogen) atoms. The summed E-state index contributed by atoms with van der Waals surface area (Å²) in [4.78, 5) is 6.97. The molecule has 1 aromatic heterocycles. The quantitative estimate of drug-likeness (QED) is 0.851. The lowest BCUT2D eigenvalue weighted by Gasteiger charge is -2.30. The maximum absolute atomic E-state index is 5.42. The molecule has 5 heteroatoms. The lowest BCUT2D eigenvalue weighted by atomic mass is 10.1. The highest BCUT2D eigenvalue weighted by atomic mass is 16.5. The number of rotatable bonds is 3. The second-order valence-corrected chi connectivity index (χ2v) is 5.48. The number of nitrogens with one attached hydrogen (secondary N) is 1. The third-order valence-corrected chi connectivity index (χ3v) is 4.04. The van der Waals surface area contributed by atoms with Gasteiger partial charge in [-0.25, -0.2) is 0 Å². The molecule has 1 saturated carbocycles. The Morgan fingerprint density at radius 3 is 2.71 bits per heavy atom. The smallest absolute Gasteiger partial charge is 0.243 e. The summed E-state index contributed by atoms with van der Waals surface area (Å²) in [6.45, 7) is 8.55. The van der Waals surface area contributed by atoms with Crippen LogP contribution in [0.25, 0.3) is 0 Å². The molecule has 1 aliphatic heterocycles. The van der Waals surface area contributed by atoms with E-state index in [1.165, 1.54) is 12.8 Å². The van der Waals surface area contributed by atoms with Gasteiger partial charge in [-0.3, -0.25) is 4.90 Å². The fourth-order valence-electron chi connectivity index (χ4n) is 2.29. The lowest BCUT2D eigenvalue weighted by molar-refractivity contribution is 0.154. The van der Waals surface area contributed by atoms with Crippen LogP contribution in [0.1, 0.15) is 44.4 Å². The molecule has 3 rings (SSSR count). The molecular weight excluding hydrogens is 216 g/mol. The molecule has 1 aromatic rings. The molecule has 2 heterocycles. The Bertz CT molecular complexity index is 393. The van der Waals surface area contributed by atoms with Gasteiger partial charge in [-0.2, -0.15) is 4.98 Å². The average Bonchev–Trinajstić information content (AvgIpc) is 2.94. The fraction of sp³-hybridized carbons (Fsp3) is 0.833. The van der Waals surface area contributed by atoms with E-state index < -0.39 is 0 Å². The Morgan fingerprint density at radius 2 is 2.06 bits per heavy atom. The molecule has 5 nitrogen and oxygen atoms in total. The van der Waals surface area contributed by atoms with Gasteiger partial charge in [-0.1, -0.05) is 12.1 Å². The monoisotopic (exact) mass is 236 g/mol. The fourth-order valence-corrected chi connectivity index (χ4v) is 2.29. The highest BCUT2D eigenvalue weighted by Crippen LogP contribution is 2.46. The van der Waals surface area contributed by atoms with E-state index in [0.29, 0.717) is 0 Å². The predicted molar refractivity (Wildman–Crippen MR) is 63.7 cm³/mol. The van der Waals surface area contributed by atoms with Crippen LogP contribution in [0.2, 0.25) is 0 Å². The molecule has 1 saturated heterocycles. The van der Waals surface area contributed by atoms with Crippen LogP contribution in [0.15, 0.2) is 4.52 Å². The van der Waals surface area contributed by atoms with Crippen molar-refractivity contribution in [2.24, 2.45) is 0 Å². The number of aromatic nitrogens is 2. The molecule has 0 aromatic carbocycles.